The second-order valence-corrected chi connectivity index (χ2v) is 3.77. The molecule has 0 aliphatic rings. The number of esters is 1. The van der Waals surface area contributed by atoms with E-state index in [0.717, 1.165) is 6.42 Å². The molecule has 0 heterocycles. The fourth-order valence-electron chi connectivity index (χ4n) is 1.41. The van der Waals surface area contributed by atoms with E-state index in [1.54, 1.807) is 12.1 Å². The van der Waals surface area contributed by atoms with Gasteiger partial charge in [0.25, 0.3) is 0 Å². The lowest BCUT2D eigenvalue weighted by Gasteiger charge is -2.16. The summed E-state index contributed by atoms with van der Waals surface area (Å²) >= 11 is 0. The number of halogens is 1. The average Bonchev–Trinajstić information content (AvgIpc) is 2.40. The molecule has 0 saturated carbocycles. The maximum atomic E-state index is 13.3. The molecule has 1 unspecified atom stereocenters. The Morgan fingerprint density at radius 1 is 1.44 bits per heavy atom. The molecular formula is C13H18FNO3. The summed E-state index contributed by atoms with van der Waals surface area (Å²) in [5.41, 5.74) is 0. The van der Waals surface area contributed by atoms with Gasteiger partial charge in [-0.1, -0.05) is 19.1 Å². The Bertz CT molecular complexity index is 384. The molecule has 1 aromatic carbocycles. The van der Waals surface area contributed by atoms with Crippen molar-refractivity contribution in [2.45, 2.75) is 19.4 Å². The lowest BCUT2D eigenvalue weighted by atomic mass is 10.3. The van der Waals surface area contributed by atoms with Crippen LogP contribution in [-0.2, 0) is 9.53 Å². The first kappa shape index (κ1) is 14.4. The quantitative estimate of drug-likeness (QED) is 0.754. The van der Waals surface area contributed by atoms with Gasteiger partial charge in [-0.25, -0.2) is 4.39 Å². The smallest absolute Gasteiger partial charge is 0.326 e. The standard InChI is InChI=1S/C13H18FNO3/c1-3-8-15-11(13(16)17-2)9-18-12-7-5-4-6-10(12)14/h4-7,11,15H,3,8-9H2,1-2H3. The molecule has 0 fully saturated rings. The minimum absolute atomic E-state index is 0.0353. The van der Waals surface area contributed by atoms with Crippen LogP contribution < -0.4 is 10.1 Å². The highest BCUT2D eigenvalue weighted by molar-refractivity contribution is 5.75. The lowest BCUT2D eigenvalue weighted by Crippen LogP contribution is -2.42. The summed E-state index contributed by atoms with van der Waals surface area (Å²) < 4.78 is 23.2. The van der Waals surface area contributed by atoms with Crippen LogP contribution in [0.5, 0.6) is 5.75 Å². The van der Waals surface area contributed by atoms with Gasteiger partial charge in [-0.15, -0.1) is 0 Å². The highest BCUT2D eigenvalue weighted by Gasteiger charge is 2.19. The van der Waals surface area contributed by atoms with E-state index in [1.807, 2.05) is 6.92 Å². The molecule has 1 atom stereocenters. The first-order chi connectivity index (χ1) is 8.69. The minimum Gasteiger partial charge on any atom is -0.488 e. The first-order valence-electron chi connectivity index (χ1n) is 5.87. The van der Waals surface area contributed by atoms with Crippen molar-refractivity contribution in [1.82, 2.24) is 5.32 Å². The van der Waals surface area contributed by atoms with Crippen LogP contribution in [0.2, 0.25) is 0 Å². The summed E-state index contributed by atoms with van der Waals surface area (Å²) in [7, 11) is 1.31. The fourth-order valence-corrected chi connectivity index (χ4v) is 1.41. The van der Waals surface area contributed by atoms with E-state index in [1.165, 1.54) is 19.2 Å². The number of hydrogen-bond donors (Lipinski definition) is 1. The summed E-state index contributed by atoms with van der Waals surface area (Å²) in [6.07, 6.45) is 0.882. The zero-order valence-corrected chi connectivity index (χ0v) is 10.6. The number of ether oxygens (including phenoxy) is 2. The van der Waals surface area contributed by atoms with Crippen molar-refractivity contribution in [2.75, 3.05) is 20.3 Å². The number of carbonyl (C=O) groups is 1. The van der Waals surface area contributed by atoms with Crippen LogP contribution in [0.15, 0.2) is 24.3 Å². The predicted octanol–water partition coefficient (Wildman–Crippen LogP) is 1.75. The van der Waals surface area contributed by atoms with Gasteiger partial charge in [0, 0.05) is 0 Å². The van der Waals surface area contributed by atoms with Gasteiger partial charge in [-0.3, -0.25) is 4.79 Å². The maximum Gasteiger partial charge on any atom is 0.326 e. The van der Waals surface area contributed by atoms with Gasteiger partial charge in [0.05, 0.1) is 7.11 Å². The largest absolute Gasteiger partial charge is 0.488 e. The van der Waals surface area contributed by atoms with E-state index in [2.05, 4.69) is 10.1 Å². The SMILES string of the molecule is CCCNC(COc1ccccc1F)C(=O)OC. The number of benzene rings is 1. The summed E-state index contributed by atoms with van der Waals surface area (Å²) in [5.74, 6) is -0.735. The van der Waals surface area contributed by atoms with Crippen LogP contribution >= 0.6 is 0 Å². The van der Waals surface area contributed by atoms with Gasteiger partial charge < -0.3 is 14.8 Å². The van der Waals surface area contributed by atoms with Gasteiger partial charge in [0.15, 0.2) is 11.6 Å². The van der Waals surface area contributed by atoms with E-state index < -0.39 is 17.8 Å². The molecule has 0 aromatic heterocycles. The average molecular weight is 255 g/mol. The highest BCUT2D eigenvalue weighted by atomic mass is 19.1. The number of carbonyl (C=O) groups excluding carboxylic acids is 1. The van der Waals surface area contributed by atoms with E-state index in [0.29, 0.717) is 6.54 Å². The normalized spacial score (nSPS) is 11.9. The number of hydrogen-bond acceptors (Lipinski definition) is 4. The Hall–Kier alpha value is -1.62. The molecule has 0 spiro atoms. The van der Waals surface area contributed by atoms with E-state index in [9.17, 15) is 9.18 Å². The van der Waals surface area contributed by atoms with Gasteiger partial charge in [0.1, 0.15) is 12.6 Å². The molecule has 0 aliphatic heterocycles. The van der Waals surface area contributed by atoms with E-state index >= 15 is 0 Å². The summed E-state index contributed by atoms with van der Waals surface area (Å²) in [4.78, 5) is 11.5. The zero-order chi connectivity index (χ0) is 13.4. The molecule has 1 rings (SSSR count). The van der Waals surface area contributed by atoms with Crippen molar-refractivity contribution in [3.63, 3.8) is 0 Å². The molecule has 0 radical (unpaired) electrons. The lowest BCUT2D eigenvalue weighted by molar-refractivity contribution is -0.143. The third kappa shape index (κ3) is 4.33. The molecule has 0 saturated heterocycles. The second-order valence-electron chi connectivity index (χ2n) is 3.77. The van der Waals surface area contributed by atoms with Crippen molar-refractivity contribution < 1.29 is 18.7 Å². The van der Waals surface area contributed by atoms with Crippen LogP contribution in [0.4, 0.5) is 4.39 Å². The molecule has 0 bridgehead atoms. The Morgan fingerprint density at radius 3 is 2.78 bits per heavy atom. The molecule has 0 amide bonds. The Kier molecular flexibility index (Phi) is 6.14. The highest BCUT2D eigenvalue weighted by Crippen LogP contribution is 2.15. The number of methoxy groups -OCH3 is 1. The van der Waals surface area contributed by atoms with Crippen LogP contribution in [0.3, 0.4) is 0 Å². The maximum absolute atomic E-state index is 13.3. The van der Waals surface area contributed by atoms with E-state index in [-0.39, 0.29) is 12.4 Å². The molecule has 1 N–H and O–H groups in total. The molecule has 5 heteroatoms. The topological polar surface area (TPSA) is 47.6 Å². The molecular weight excluding hydrogens is 237 g/mol. The molecule has 1 aromatic rings. The molecule has 4 nitrogen and oxygen atoms in total. The van der Waals surface area contributed by atoms with Crippen molar-refractivity contribution in [3.8, 4) is 5.75 Å². The van der Waals surface area contributed by atoms with Crippen molar-refractivity contribution >= 4 is 5.97 Å². The number of para-hydroxylation sites is 1. The van der Waals surface area contributed by atoms with Gasteiger partial charge in [-0.05, 0) is 25.1 Å². The van der Waals surface area contributed by atoms with Crippen molar-refractivity contribution in [2.24, 2.45) is 0 Å². The Labute approximate surface area is 106 Å². The summed E-state index contributed by atoms with van der Waals surface area (Å²) in [6.45, 7) is 2.69. The Balaban J connectivity index is 2.56. The molecule has 100 valence electrons. The summed E-state index contributed by atoms with van der Waals surface area (Å²) in [6, 6.07) is 5.49. The zero-order valence-electron chi connectivity index (χ0n) is 10.6. The van der Waals surface area contributed by atoms with Crippen molar-refractivity contribution in [3.05, 3.63) is 30.1 Å². The minimum atomic E-state index is -0.588. The third-order valence-corrected chi connectivity index (χ3v) is 2.37. The van der Waals surface area contributed by atoms with Crippen molar-refractivity contribution in [1.29, 1.82) is 0 Å². The predicted molar refractivity (Wildman–Crippen MR) is 66.0 cm³/mol. The van der Waals surface area contributed by atoms with Crippen LogP contribution in [0, 0.1) is 5.82 Å². The second kappa shape index (κ2) is 7.66. The molecule has 0 aliphatic carbocycles. The summed E-state index contributed by atoms with van der Waals surface area (Å²) in [5, 5.41) is 2.99. The fraction of sp³-hybridized carbons (Fsp3) is 0.462. The van der Waals surface area contributed by atoms with E-state index in [4.69, 9.17) is 4.74 Å². The first-order valence-corrected chi connectivity index (χ1v) is 5.87. The number of rotatable bonds is 7. The van der Waals surface area contributed by atoms with Gasteiger partial charge >= 0.3 is 5.97 Å². The Morgan fingerprint density at radius 2 is 2.17 bits per heavy atom. The van der Waals surface area contributed by atoms with Gasteiger partial charge in [0.2, 0.25) is 0 Å². The van der Waals surface area contributed by atoms with Crippen LogP contribution in [0.1, 0.15) is 13.3 Å². The third-order valence-electron chi connectivity index (χ3n) is 2.37. The van der Waals surface area contributed by atoms with Crippen LogP contribution in [-0.4, -0.2) is 32.3 Å². The monoisotopic (exact) mass is 255 g/mol. The van der Waals surface area contributed by atoms with Crippen LogP contribution in [0.25, 0.3) is 0 Å². The molecule has 18 heavy (non-hydrogen) atoms. The van der Waals surface area contributed by atoms with Gasteiger partial charge in [-0.2, -0.15) is 0 Å². The number of nitrogens with one attached hydrogen (secondary N) is 1.